The highest BCUT2D eigenvalue weighted by Gasteiger charge is 2.26. The number of hydrogen-bond donors (Lipinski definition) is 1. The van der Waals surface area contributed by atoms with Gasteiger partial charge in [0.05, 0.1) is 5.75 Å². The minimum Gasteiger partial charge on any atom is -0.352 e. The van der Waals surface area contributed by atoms with E-state index in [1.165, 1.54) is 17.3 Å². The van der Waals surface area contributed by atoms with Crippen molar-refractivity contribution in [1.29, 1.82) is 0 Å². The average Bonchev–Trinajstić information content (AvgIpc) is 2.72. The van der Waals surface area contributed by atoms with Crippen molar-refractivity contribution < 1.29 is 9.59 Å². The summed E-state index contributed by atoms with van der Waals surface area (Å²) < 4.78 is 0. The molecule has 0 fully saturated rings. The molecule has 2 rings (SSSR count). The van der Waals surface area contributed by atoms with E-state index in [0.29, 0.717) is 11.6 Å². The van der Waals surface area contributed by atoms with Gasteiger partial charge in [-0.25, -0.2) is 0 Å². The van der Waals surface area contributed by atoms with Crippen molar-refractivity contribution >= 4 is 35.2 Å². The van der Waals surface area contributed by atoms with Crippen molar-refractivity contribution in [3.63, 3.8) is 0 Å². The zero-order chi connectivity index (χ0) is 21.4. The van der Waals surface area contributed by atoms with Gasteiger partial charge >= 0.3 is 0 Å². The van der Waals surface area contributed by atoms with E-state index in [1.807, 2.05) is 57.2 Å². The molecule has 156 valence electrons. The SMILES string of the molecule is CC[C@@H](C)NC(=O)[C@@H](C)N(Cc1ccc(Cl)cc1)C(=O)CSc1ccc(C)cc1. The van der Waals surface area contributed by atoms with Crippen molar-refractivity contribution in [3.05, 3.63) is 64.7 Å². The average molecular weight is 433 g/mol. The number of halogens is 1. The Balaban J connectivity index is 2.13. The summed E-state index contributed by atoms with van der Waals surface area (Å²) >= 11 is 7.46. The lowest BCUT2D eigenvalue weighted by molar-refractivity contribution is -0.138. The smallest absolute Gasteiger partial charge is 0.242 e. The van der Waals surface area contributed by atoms with Crippen LogP contribution in [0.4, 0.5) is 0 Å². The molecule has 0 aliphatic heterocycles. The van der Waals surface area contributed by atoms with Gasteiger partial charge in [-0.2, -0.15) is 0 Å². The molecule has 29 heavy (non-hydrogen) atoms. The number of nitrogens with one attached hydrogen (secondary N) is 1. The molecular weight excluding hydrogens is 404 g/mol. The van der Waals surface area contributed by atoms with E-state index in [-0.39, 0.29) is 23.6 Å². The van der Waals surface area contributed by atoms with Crippen LogP contribution in [0.1, 0.15) is 38.3 Å². The Labute approximate surface area is 183 Å². The Bertz CT molecular complexity index is 809. The molecule has 2 aromatic rings. The Morgan fingerprint density at radius 1 is 1.07 bits per heavy atom. The van der Waals surface area contributed by atoms with E-state index < -0.39 is 6.04 Å². The fourth-order valence-corrected chi connectivity index (χ4v) is 3.61. The second-order valence-corrected chi connectivity index (χ2v) is 8.73. The van der Waals surface area contributed by atoms with E-state index in [1.54, 1.807) is 24.0 Å². The van der Waals surface area contributed by atoms with Gasteiger partial charge in [0.25, 0.3) is 0 Å². The van der Waals surface area contributed by atoms with Crippen molar-refractivity contribution in [1.82, 2.24) is 10.2 Å². The van der Waals surface area contributed by atoms with Crippen LogP contribution in [-0.4, -0.2) is 34.6 Å². The van der Waals surface area contributed by atoms with Crippen LogP contribution < -0.4 is 5.32 Å². The normalized spacial score (nSPS) is 12.9. The predicted octanol–water partition coefficient (Wildman–Crippen LogP) is 5.07. The molecule has 4 nitrogen and oxygen atoms in total. The topological polar surface area (TPSA) is 49.4 Å². The minimum atomic E-state index is -0.564. The molecule has 0 aromatic heterocycles. The number of rotatable bonds is 9. The van der Waals surface area contributed by atoms with E-state index in [4.69, 9.17) is 11.6 Å². The van der Waals surface area contributed by atoms with Gasteiger partial charge in [0, 0.05) is 22.5 Å². The molecule has 0 radical (unpaired) electrons. The fourth-order valence-electron chi connectivity index (χ4n) is 2.70. The Morgan fingerprint density at radius 2 is 1.69 bits per heavy atom. The summed E-state index contributed by atoms with van der Waals surface area (Å²) in [4.78, 5) is 28.4. The van der Waals surface area contributed by atoms with Crippen molar-refractivity contribution in [2.24, 2.45) is 0 Å². The Morgan fingerprint density at radius 3 is 2.28 bits per heavy atom. The van der Waals surface area contributed by atoms with Gasteiger partial charge in [-0.15, -0.1) is 11.8 Å². The number of amides is 2. The van der Waals surface area contributed by atoms with Gasteiger partial charge in [0.15, 0.2) is 0 Å². The van der Waals surface area contributed by atoms with Crippen LogP contribution in [0.25, 0.3) is 0 Å². The third-order valence-corrected chi connectivity index (χ3v) is 6.07. The molecule has 2 atom stereocenters. The number of benzene rings is 2. The van der Waals surface area contributed by atoms with Gasteiger partial charge in [-0.3, -0.25) is 9.59 Å². The Hall–Kier alpha value is -1.98. The van der Waals surface area contributed by atoms with Crippen LogP contribution in [0.2, 0.25) is 5.02 Å². The molecule has 0 aliphatic carbocycles. The van der Waals surface area contributed by atoms with Crippen LogP contribution in [-0.2, 0) is 16.1 Å². The molecule has 0 aliphatic rings. The van der Waals surface area contributed by atoms with Crippen LogP contribution in [0, 0.1) is 6.92 Å². The highest BCUT2D eigenvalue weighted by molar-refractivity contribution is 8.00. The summed E-state index contributed by atoms with van der Waals surface area (Å²) in [5.74, 6) is 0.0664. The number of carbonyl (C=O) groups excluding carboxylic acids is 2. The lowest BCUT2D eigenvalue weighted by Gasteiger charge is -2.29. The molecule has 0 unspecified atom stereocenters. The summed E-state index contributed by atoms with van der Waals surface area (Å²) in [6, 6.07) is 14.9. The maximum absolute atomic E-state index is 13.1. The van der Waals surface area contributed by atoms with Crippen LogP contribution in [0.3, 0.4) is 0 Å². The highest BCUT2D eigenvalue weighted by atomic mass is 35.5. The molecule has 0 spiro atoms. The number of hydrogen-bond acceptors (Lipinski definition) is 3. The molecule has 2 aromatic carbocycles. The molecule has 2 amide bonds. The minimum absolute atomic E-state index is 0.0689. The number of carbonyl (C=O) groups is 2. The first kappa shape index (κ1) is 23.3. The van der Waals surface area contributed by atoms with Gasteiger partial charge in [0.1, 0.15) is 6.04 Å². The Kier molecular flexibility index (Phi) is 9.05. The summed E-state index contributed by atoms with van der Waals surface area (Å²) in [6.07, 6.45) is 0.840. The molecule has 1 N–H and O–H groups in total. The largest absolute Gasteiger partial charge is 0.352 e. The maximum Gasteiger partial charge on any atom is 0.242 e. The zero-order valence-electron chi connectivity index (χ0n) is 17.4. The van der Waals surface area contributed by atoms with E-state index in [0.717, 1.165) is 16.9 Å². The molecule has 6 heteroatoms. The van der Waals surface area contributed by atoms with Gasteiger partial charge < -0.3 is 10.2 Å². The van der Waals surface area contributed by atoms with Crippen LogP contribution >= 0.6 is 23.4 Å². The molecular formula is C23H29ClN2O2S. The highest BCUT2D eigenvalue weighted by Crippen LogP contribution is 2.21. The fraction of sp³-hybridized carbons (Fsp3) is 0.391. The summed E-state index contributed by atoms with van der Waals surface area (Å²) in [7, 11) is 0. The van der Waals surface area contributed by atoms with E-state index in [2.05, 4.69) is 5.32 Å². The van der Waals surface area contributed by atoms with E-state index >= 15 is 0 Å². The monoisotopic (exact) mass is 432 g/mol. The third-order valence-electron chi connectivity index (χ3n) is 4.82. The quantitative estimate of drug-likeness (QED) is 0.562. The second-order valence-electron chi connectivity index (χ2n) is 7.24. The molecule has 0 saturated heterocycles. The van der Waals surface area contributed by atoms with Crippen molar-refractivity contribution in [3.8, 4) is 0 Å². The first-order valence-corrected chi connectivity index (χ1v) is 11.2. The number of aryl methyl sites for hydroxylation is 1. The maximum atomic E-state index is 13.1. The van der Waals surface area contributed by atoms with E-state index in [9.17, 15) is 9.59 Å². The van der Waals surface area contributed by atoms with Crippen molar-refractivity contribution in [2.75, 3.05) is 5.75 Å². The van der Waals surface area contributed by atoms with Gasteiger partial charge in [-0.05, 0) is 57.0 Å². The third kappa shape index (κ3) is 7.41. The summed E-state index contributed by atoms with van der Waals surface area (Å²) in [5, 5.41) is 3.62. The first-order chi connectivity index (χ1) is 13.8. The number of thioether (sulfide) groups is 1. The summed E-state index contributed by atoms with van der Waals surface area (Å²) in [5.41, 5.74) is 2.12. The van der Waals surface area contributed by atoms with Crippen LogP contribution in [0.5, 0.6) is 0 Å². The lowest BCUT2D eigenvalue weighted by atomic mass is 10.1. The lowest BCUT2D eigenvalue weighted by Crippen LogP contribution is -2.50. The first-order valence-electron chi connectivity index (χ1n) is 9.84. The molecule has 0 saturated carbocycles. The second kappa shape index (κ2) is 11.3. The molecule has 0 bridgehead atoms. The summed E-state index contributed by atoms with van der Waals surface area (Å²) in [6.45, 7) is 8.15. The number of nitrogens with zero attached hydrogens (tertiary/aromatic N) is 1. The van der Waals surface area contributed by atoms with Gasteiger partial charge in [0.2, 0.25) is 11.8 Å². The zero-order valence-corrected chi connectivity index (χ0v) is 19.0. The van der Waals surface area contributed by atoms with Gasteiger partial charge in [-0.1, -0.05) is 48.4 Å². The van der Waals surface area contributed by atoms with Crippen LogP contribution in [0.15, 0.2) is 53.4 Å². The molecule has 0 heterocycles. The predicted molar refractivity (Wildman–Crippen MR) is 121 cm³/mol. The standard InChI is InChI=1S/C23H29ClN2O2S/c1-5-17(3)25-23(28)18(4)26(14-19-8-10-20(24)11-9-19)22(27)15-29-21-12-6-16(2)7-13-21/h6-13,17-18H,5,14-15H2,1-4H3,(H,25,28)/t17-,18-/m1/s1. The van der Waals surface area contributed by atoms with Crippen molar-refractivity contribution in [2.45, 2.75) is 57.6 Å².